The zero-order valence-corrected chi connectivity index (χ0v) is 17.9. The van der Waals surface area contributed by atoms with Gasteiger partial charge in [-0.1, -0.05) is 45.2 Å². The van der Waals surface area contributed by atoms with Crippen molar-refractivity contribution in [3.63, 3.8) is 0 Å². The number of rotatable bonds is 5. The molecule has 0 unspecified atom stereocenters. The summed E-state index contributed by atoms with van der Waals surface area (Å²) in [5.41, 5.74) is 6.19. The summed E-state index contributed by atoms with van der Waals surface area (Å²) in [5.74, 6) is 0.113. The van der Waals surface area contributed by atoms with Crippen LogP contribution in [0, 0.1) is 13.8 Å². The topological polar surface area (TPSA) is 41.5 Å². The van der Waals surface area contributed by atoms with Crippen molar-refractivity contribution < 1.29 is 4.79 Å². The lowest BCUT2D eigenvalue weighted by Gasteiger charge is -2.08. The molecule has 0 atom stereocenters. The lowest BCUT2D eigenvalue weighted by Crippen LogP contribution is -2.21. The van der Waals surface area contributed by atoms with Gasteiger partial charge in [-0.05, 0) is 56.2 Å². The summed E-state index contributed by atoms with van der Waals surface area (Å²) in [6.07, 6.45) is 0. The Morgan fingerprint density at radius 2 is 1.92 bits per heavy atom. The van der Waals surface area contributed by atoms with Crippen LogP contribution in [0.15, 0.2) is 44.8 Å². The fourth-order valence-electron chi connectivity index (χ4n) is 2.07. The first-order chi connectivity index (χ1) is 11.8. The molecular weight excluding hydrogens is 443 g/mol. The van der Waals surface area contributed by atoms with Gasteiger partial charge < -0.3 is 0 Å². The van der Waals surface area contributed by atoms with Crippen LogP contribution in [0.25, 0.3) is 0 Å². The predicted octanol–water partition coefficient (Wildman–Crippen LogP) is 6.01. The highest BCUT2D eigenvalue weighted by Crippen LogP contribution is 2.28. The Morgan fingerprint density at radius 3 is 2.60 bits per heavy atom. The third-order valence-electron chi connectivity index (χ3n) is 3.48. The number of carbonyl (C=O) groups is 1. The number of nitrogens with one attached hydrogen (secondary N) is 1. The van der Waals surface area contributed by atoms with Gasteiger partial charge in [0.2, 0.25) is 5.91 Å². The first-order valence-electron chi connectivity index (χ1n) is 7.46. The van der Waals surface area contributed by atoms with E-state index in [4.69, 9.17) is 23.2 Å². The Hall–Kier alpha value is -1.01. The van der Waals surface area contributed by atoms with Crippen molar-refractivity contribution in [1.82, 2.24) is 5.43 Å². The summed E-state index contributed by atoms with van der Waals surface area (Å²) in [6.45, 7) is 5.83. The smallest absolute Gasteiger partial charge is 0.250 e. The second-order valence-corrected chi connectivity index (χ2v) is 8.23. The Balaban J connectivity index is 1.97. The number of hydrogen-bond acceptors (Lipinski definition) is 3. The Kier molecular flexibility index (Phi) is 7.37. The van der Waals surface area contributed by atoms with Crippen LogP contribution in [0.3, 0.4) is 0 Å². The molecule has 0 aliphatic carbocycles. The van der Waals surface area contributed by atoms with Crippen molar-refractivity contribution in [1.29, 1.82) is 0 Å². The summed E-state index contributed by atoms with van der Waals surface area (Å²) < 4.78 is 1.07. The van der Waals surface area contributed by atoms with E-state index < -0.39 is 0 Å². The SMILES string of the molecule is CC(=NNC(=O)CSc1cc(C)c(Br)cc1C)c1ccc(Cl)cc1Cl. The number of hydrogen-bond donors (Lipinski definition) is 1. The molecule has 25 heavy (non-hydrogen) atoms. The second kappa shape index (κ2) is 9.08. The van der Waals surface area contributed by atoms with Crippen LogP contribution in [0.1, 0.15) is 23.6 Å². The maximum absolute atomic E-state index is 12.1. The molecule has 2 aromatic carbocycles. The molecule has 0 fully saturated rings. The zero-order valence-electron chi connectivity index (χ0n) is 14.0. The maximum Gasteiger partial charge on any atom is 0.250 e. The van der Waals surface area contributed by atoms with Gasteiger partial charge in [0.15, 0.2) is 0 Å². The van der Waals surface area contributed by atoms with Gasteiger partial charge in [-0.15, -0.1) is 11.8 Å². The van der Waals surface area contributed by atoms with Crippen molar-refractivity contribution in [3.05, 3.63) is 61.5 Å². The molecular formula is C18H17BrCl2N2OS. The second-order valence-electron chi connectivity index (χ2n) is 5.51. The van der Waals surface area contributed by atoms with E-state index >= 15 is 0 Å². The summed E-state index contributed by atoms with van der Waals surface area (Å²) >= 11 is 17.0. The molecule has 3 nitrogen and oxygen atoms in total. The third-order valence-corrected chi connectivity index (χ3v) is 6.04. The van der Waals surface area contributed by atoms with Crippen molar-refractivity contribution in [2.75, 3.05) is 5.75 Å². The van der Waals surface area contributed by atoms with Crippen LogP contribution >= 0.6 is 50.9 Å². The Morgan fingerprint density at radius 1 is 1.20 bits per heavy atom. The van der Waals surface area contributed by atoms with Gasteiger partial charge in [-0.25, -0.2) is 5.43 Å². The van der Waals surface area contributed by atoms with Gasteiger partial charge in [0.05, 0.1) is 16.5 Å². The first-order valence-corrected chi connectivity index (χ1v) is 9.99. The molecule has 0 aliphatic heterocycles. The number of amides is 1. The maximum atomic E-state index is 12.1. The average Bonchev–Trinajstić information content (AvgIpc) is 2.54. The van der Waals surface area contributed by atoms with Crippen LogP contribution in [0.2, 0.25) is 10.0 Å². The van der Waals surface area contributed by atoms with Crippen LogP contribution in [-0.2, 0) is 4.79 Å². The largest absolute Gasteiger partial charge is 0.272 e. The fourth-order valence-corrected chi connectivity index (χ4v) is 3.98. The molecule has 0 saturated carbocycles. The van der Waals surface area contributed by atoms with Crippen molar-refractivity contribution >= 4 is 62.5 Å². The Bertz CT molecular complexity index is 840. The van der Waals surface area contributed by atoms with Crippen molar-refractivity contribution in [3.8, 4) is 0 Å². The number of hydrazone groups is 1. The van der Waals surface area contributed by atoms with Gasteiger partial charge in [0.25, 0.3) is 0 Å². The van der Waals surface area contributed by atoms with Gasteiger partial charge in [0, 0.05) is 20.0 Å². The quantitative estimate of drug-likeness (QED) is 0.338. The van der Waals surface area contributed by atoms with E-state index in [1.807, 2.05) is 13.8 Å². The molecule has 2 aromatic rings. The van der Waals surface area contributed by atoms with E-state index in [0.29, 0.717) is 15.8 Å². The van der Waals surface area contributed by atoms with Crippen LogP contribution in [0.5, 0.6) is 0 Å². The number of thioether (sulfide) groups is 1. The summed E-state index contributed by atoms with van der Waals surface area (Å²) in [4.78, 5) is 13.1. The molecule has 1 amide bonds. The van der Waals surface area contributed by atoms with Gasteiger partial charge in [-0.2, -0.15) is 5.10 Å². The fraction of sp³-hybridized carbons (Fsp3) is 0.222. The minimum Gasteiger partial charge on any atom is -0.272 e. The Labute approximate surface area is 170 Å². The number of halogens is 3. The zero-order chi connectivity index (χ0) is 18.6. The van der Waals surface area contributed by atoms with Gasteiger partial charge in [-0.3, -0.25) is 4.79 Å². The normalized spacial score (nSPS) is 11.5. The summed E-state index contributed by atoms with van der Waals surface area (Å²) in [7, 11) is 0. The van der Waals surface area contributed by atoms with E-state index in [-0.39, 0.29) is 11.7 Å². The van der Waals surface area contributed by atoms with Gasteiger partial charge >= 0.3 is 0 Å². The first kappa shape index (κ1) is 20.3. The minimum atomic E-state index is -0.172. The highest BCUT2D eigenvalue weighted by Gasteiger charge is 2.08. The molecule has 0 spiro atoms. The van der Waals surface area contributed by atoms with E-state index in [1.165, 1.54) is 11.8 Å². The highest BCUT2D eigenvalue weighted by atomic mass is 79.9. The van der Waals surface area contributed by atoms with Crippen molar-refractivity contribution in [2.45, 2.75) is 25.7 Å². The third kappa shape index (κ3) is 5.74. The van der Waals surface area contributed by atoms with Gasteiger partial charge in [0.1, 0.15) is 0 Å². The minimum absolute atomic E-state index is 0.172. The van der Waals surface area contributed by atoms with E-state index in [0.717, 1.165) is 26.1 Å². The molecule has 0 heterocycles. The van der Waals surface area contributed by atoms with Crippen LogP contribution in [0.4, 0.5) is 0 Å². The molecule has 2 rings (SSSR count). The predicted molar refractivity (Wildman–Crippen MR) is 111 cm³/mol. The molecule has 0 saturated heterocycles. The molecule has 132 valence electrons. The molecule has 1 N–H and O–H groups in total. The van der Waals surface area contributed by atoms with Crippen LogP contribution in [-0.4, -0.2) is 17.4 Å². The lowest BCUT2D eigenvalue weighted by molar-refractivity contribution is -0.118. The highest BCUT2D eigenvalue weighted by molar-refractivity contribution is 9.10. The van der Waals surface area contributed by atoms with E-state index in [2.05, 4.69) is 38.6 Å². The summed E-state index contributed by atoms with van der Waals surface area (Å²) in [6, 6.07) is 9.28. The van der Waals surface area contributed by atoms with E-state index in [1.54, 1.807) is 25.1 Å². The number of benzene rings is 2. The lowest BCUT2D eigenvalue weighted by atomic mass is 10.1. The summed E-state index contributed by atoms with van der Waals surface area (Å²) in [5, 5.41) is 5.18. The molecule has 0 aliphatic rings. The van der Waals surface area contributed by atoms with Crippen LogP contribution < -0.4 is 5.43 Å². The molecule has 0 radical (unpaired) electrons. The number of nitrogens with zero attached hydrogens (tertiary/aromatic N) is 1. The van der Waals surface area contributed by atoms with Crippen molar-refractivity contribution in [2.24, 2.45) is 5.10 Å². The standard InChI is InChI=1S/C18H17BrCl2N2OS/c1-10-7-17(11(2)6-15(10)19)25-9-18(24)23-22-12(3)14-5-4-13(20)8-16(14)21/h4-8H,9H2,1-3H3,(H,23,24). The average molecular weight is 460 g/mol. The molecule has 0 bridgehead atoms. The molecule has 0 aromatic heterocycles. The van der Waals surface area contributed by atoms with E-state index in [9.17, 15) is 4.79 Å². The monoisotopic (exact) mass is 458 g/mol. The number of aryl methyl sites for hydroxylation is 2. The molecule has 7 heteroatoms. The number of carbonyl (C=O) groups excluding carboxylic acids is 1.